The fourth-order valence-corrected chi connectivity index (χ4v) is 4.24. The van der Waals surface area contributed by atoms with E-state index < -0.39 is 0 Å². The molecular formula is C15H9BrCl2S. The van der Waals surface area contributed by atoms with Gasteiger partial charge in [-0.25, -0.2) is 0 Å². The Labute approximate surface area is 134 Å². The Bertz CT molecular complexity index is 711. The highest BCUT2D eigenvalue weighted by atomic mass is 79.9. The Morgan fingerprint density at radius 3 is 2.53 bits per heavy atom. The van der Waals surface area contributed by atoms with E-state index >= 15 is 0 Å². The summed E-state index contributed by atoms with van der Waals surface area (Å²) in [6.45, 7) is 0. The van der Waals surface area contributed by atoms with Crippen LogP contribution in [-0.4, -0.2) is 0 Å². The van der Waals surface area contributed by atoms with Crippen LogP contribution in [0.3, 0.4) is 0 Å². The first-order valence-corrected chi connectivity index (χ1v) is 8.15. The summed E-state index contributed by atoms with van der Waals surface area (Å²) >= 11 is 17.7. The van der Waals surface area contributed by atoms with E-state index in [1.54, 1.807) is 11.3 Å². The van der Waals surface area contributed by atoms with E-state index in [9.17, 15) is 0 Å². The summed E-state index contributed by atoms with van der Waals surface area (Å²) in [5.41, 5.74) is 1.12. The molecule has 0 spiro atoms. The number of hydrogen-bond donors (Lipinski definition) is 0. The van der Waals surface area contributed by atoms with Crippen LogP contribution in [0.2, 0.25) is 5.02 Å². The second-order valence-electron chi connectivity index (χ2n) is 4.20. The Hall–Kier alpha value is -0.540. The average Bonchev–Trinajstić information content (AvgIpc) is 2.77. The molecule has 0 aliphatic rings. The monoisotopic (exact) mass is 370 g/mol. The molecule has 0 fully saturated rings. The highest BCUT2D eigenvalue weighted by Gasteiger charge is 2.17. The topological polar surface area (TPSA) is 0 Å². The quantitative estimate of drug-likeness (QED) is 0.442. The molecule has 0 saturated carbocycles. The third-order valence-corrected chi connectivity index (χ3v) is 6.15. The van der Waals surface area contributed by atoms with Crippen LogP contribution < -0.4 is 0 Å². The van der Waals surface area contributed by atoms with Crippen molar-refractivity contribution in [1.29, 1.82) is 0 Å². The normalized spacial score (nSPS) is 12.8. The molecule has 1 heterocycles. The summed E-state index contributed by atoms with van der Waals surface area (Å²) < 4.78 is 0.926. The van der Waals surface area contributed by atoms with Crippen molar-refractivity contribution in [3.8, 4) is 0 Å². The first kappa shape index (κ1) is 13.4. The number of hydrogen-bond acceptors (Lipinski definition) is 1. The van der Waals surface area contributed by atoms with Gasteiger partial charge in [0.2, 0.25) is 0 Å². The van der Waals surface area contributed by atoms with Crippen molar-refractivity contribution in [3.05, 3.63) is 67.8 Å². The van der Waals surface area contributed by atoms with Crippen LogP contribution in [0.25, 0.3) is 10.8 Å². The lowest BCUT2D eigenvalue weighted by molar-refractivity contribution is 1.21. The molecule has 0 amide bonds. The maximum atomic E-state index is 6.63. The smallest absolute Gasteiger partial charge is 0.0934 e. The van der Waals surface area contributed by atoms with Crippen molar-refractivity contribution >= 4 is 61.2 Å². The van der Waals surface area contributed by atoms with Gasteiger partial charge in [0.05, 0.1) is 14.2 Å². The van der Waals surface area contributed by atoms with Gasteiger partial charge in [-0.1, -0.05) is 54.1 Å². The molecule has 0 N–H and O–H groups in total. The summed E-state index contributed by atoms with van der Waals surface area (Å²) in [5.74, 6) is 0. The maximum absolute atomic E-state index is 6.63. The zero-order valence-electron chi connectivity index (χ0n) is 9.74. The fraction of sp³-hybridized carbons (Fsp3) is 0.0667. The molecule has 19 heavy (non-hydrogen) atoms. The van der Waals surface area contributed by atoms with E-state index in [4.69, 9.17) is 23.2 Å². The predicted octanol–water partition coefficient (Wildman–Crippen LogP) is 6.65. The van der Waals surface area contributed by atoms with E-state index in [0.717, 1.165) is 14.2 Å². The molecular weight excluding hydrogens is 363 g/mol. The van der Waals surface area contributed by atoms with Crippen LogP contribution in [0.15, 0.2) is 52.3 Å². The van der Waals surface area contributed by atoms with Crippen LogP contribution in [0.5, 0.6) is 0 Å². The van der Waals surface area contributed by atoms with Crippen LogP contribution in [0.1, 0.15) is 15.8 Å². The van der Waals surface area contributed by atoms with Crippen LogP contribution in [0, 0.1) is 0 Å². The van der Waals surface area contributed by atoms with Gasteiger partial charge in [-0.3, -0.25) is 0 Å². The van der Waals surface area contributed by atoms with E-state index in [2.05, 4.69) is 40.2 Å². The van der Waals surface area contributed by atoms with Gasteiger partial charge < -0.3 is 0 Å². The number of thiophene rings is 1. The van der Waals surface area contributed by atoms with Crippen molar-refractivity contribution in [2.75, 3.05) is 0 Å². The Kier molecular flexibility index (Phi) is 3.86. The minimum absolute atomic E-state index is 0.181. The van der Waals surface area contributed by atoms with Gasteiger partial charge in [0.25, 0.3) is 0 Å². The molecule has 96 valence electrons. The zero-order chi connectivity index (χ0) is 13.4. The summed E-state index contributed by atoms with van der Waals surface area (Å²) in [6.07, 6.45) is 0. The van der Waals surface area contributed by atoms with E-state index in [1.165, 1.54) is 10.8 Å². The minimum Gasteiger partial charge on any atom is -0.130 e. The van der Waals surface area contributed by atoms with Crippen LogP contribution in [-0.2, 0) is 0 Å². The number of halogens is 3. The first-order chi connectivity index (χ1) is 9.16. The van der Waals surface area contributed by atoms with Gasteiger partial charge in [0.1, 0.15) is 0 Å². The first-order valence-electron chi connectivity index (χ1n) is 5.73. The number of alkyl halides is 1. The molecule has 0 nitrogen and oxygen atoms in total. The van der Waals surface area contributed by atoms with Crippen molar-refractivity contribution in [3.63, 3.8) is 0 Å². The highest BCUT2D eigenvalue weighted by Crippen LogP contribution is 2.41. The SMILES string of the molecule is Clc1cc(C(Cl)c2cccc3ccccc23)sc1Br. The molecule has 0 bridgehead atoms. The van der Waals surface area contributed by atoms with Crippen molar-refractivity contribution < 1.29 is 0 Å². The average molecular weight is 372 g/mol. The molecule has 1 unspecified atom stereocenters. The molecule has 0 radical (unpaired) electrons. The van der Waals surface area contributed by atoms with E-state index in [0.29, 0.717) is 5.02 Å². The van der Waals surface area contributed by atoms with Crippen molar-refractivity contribution in [1.82, 2.24) is 0 Å². The zero-order valence-corrected chi connectivity index (χ0v) is 13.7. The molecule has 0 saturated heterocycles. The second-order valence-corrected chi connectivity index (χ2v) is 7.45. The van der Waals surface area contributed by atoms with Gasteiger partial charge in [-0.05, 0) is 38.3 Å². The summed E-state index contributed by atoms with van der Waals surface area (Å²) in [4.78, 5) is 1.05. The van der Waals surface area contributed by atoms with Crippen molar-refractivity contribution in [2.24, 2.45) is 0 Å². The molecule has 1 atom stereocenters. The third kappa shape index (κ3) is 2.55. The lowest BCUT2D eigenvalue weighted by Gasteiger charge is -2.11. The molecule has 0 aliphatic heterocycles. The Morgan fingerprint density at radius 2 is 1.79 bits per heavy atom. The number of fused-ring (bicyclic) bond motifs is 1. The summed E-state index contributed by atoms with van der Waals surface area (Å²) in [7, 11) is 0. The van der Waals surface area contributed by atoms with E-state index in [1.807, 2.05) is 24.3 Å². The Morgan fingerprint density at radius 1 is 1.05 bits per heavy atom. The lowest BCUT2D eigenvalue weighted by atomic mass is 10.0. The largest absolute Gasteiger partial charge is 0.130 e. The van der Waals surface area contributed by atoms with Crippen molar-refractivity contribution in [2.45, 2.75) is 5.38 Å². The summed E-state index contributed by atoms with van der Waals surface area (Å²) in [5, 5.41) is 2.92. The molecule has 3 aromatic rings. The van der Waals surface area contributed by atoms with Crippen LogP contribution >= 0.6 is 50.5 Å². The number of rotatable bonds is 2. The van der Waals surface area contributed by atoms with Gasteiger partial charge >= 0.3 is 0 Å². The van der Waals surface area contributed by atoms with Gasteiger partial charge in [-0.2, -0.15) is 0 Å². The maximum Gasteiger partial charge on any atom is 0.0934 e. The Balaban J connectivity index is 2.13. The molecule has 2 aromatic carbocycles. The number of benzene rings is 2. The van der Waals surface area contributed by atoms with Gasteiger partial charge in [0.15, 0.2) is 0 Å². The molecule has 4 heteroatoms. The second kappa shape index (κ2) is 5.45. The predicted molar refractivity (Wildman–Crippen MR) is 88.7 cm³/mol. The highest BCUT2D eigenvalue weighted by molar-refractivity contribution is 9.11. The standard InChI is InChI=1S/C15H9BrCl2S/c16-15-12(17)8-13(19-15)14(18)11-7-3-5-9-4-1-2-6-10(9)11/h1-8,14H. The minimum atomic E-state index is -0.181. The lowest BCUT2D eigenvalue weighted by Crippen LogP contribution is -1.91. The summed E-state index contributed by atoms with van der Waals surface area (Å²) in [6, 6.07) is 16.4. The molecule has 1 aromatic heterocycles. The van der Waals surface area contributed by atoms with Crippen LogP contribution in [0.4, 0.5) is 0 Å². The molecule has 0 aliphatic carbocycles. The van der Waals surface area contributed by atoms with Gasteiger partial charge in [0, 0.05) is 4.88 Å². The fourth-order valence-electron chi connectivity index (χ4n) is 2.11. The third-order valence-electron chi connectivity index (χ3n) is 3.01. The van der Waals surface area contributed by atoms with E-state index in [-0.39, 0.29) is 5.38 Å². The molecule has 3 rings (SSSR count). The van der Waals surface area contributed by atoms with Gasteiger partial charge in [-0.15, -0.1) is 22.9 Å².